The summed E-state index contributed by atoms with van der Waals surface area (Å²) >= 11 is 4.95. The van der Waals surface area contributed by atoms with Crippen molar-refractivity contribution in [2.24, 2.45) is 5.92 Å². The van der Waals surface area contributed by atoms with Crippen LogP contribution in [0.1, 0.15) is 29.8 Å². The number of hydrazine groups is 1. The molecule has 0 fully saturated rings. The SMILES string of the molecule is CC(C)C(=O)Nc1ccc(C(=O)NNC(=S)NC(=O)/C=C/c2cccc([N+](=O)[O-])c2)cc1. The topological polar surface area (TPSA) is 142 Å². The second-order valence-electron chi connectivity index (χ2n) is 6.80. The van der Waals surface area contributed by atoms with Gasteiger partial charge < -0.3 is 5.32 Å². The van der Waals surface area contributed by atoms with Crippen LogP contribution >= 0.6 is 12.2 Å². The third-order valence-corrected chi connectivity index (χ3v) is 4.18. The van der Waals surface area contributed by atoms with Crippen molar-refractivity contribution >= 4 is 52.5 Å². The number of hydrogen-bond donors (Lipinski definition) is 4. The highest BCUT2D eigenvalue weighted by molar-refractivity contribution is 7.80. The van der Waals surface area contributed by atoms with Crippen LogP contribution in [-0.4, -0.2) is 27.8 Å². The zero-order chi connectivity index (χ0) is 23.7. The number of anilines is 1. The Morgan fingerprint density at radius 2 is 1.75 bits per heavy atom. The van der Waals surface area contributed by atoms with Crippen molar-refractivity contribution in [3.63, 3.8) is 0 Å². The van der Waals surface area contributed by atoms with Crippen molar-refractivity contribution in [2.75, 3.05) is 5.32 Å². The van der Waals surface area contributed by atoms with Crippen molar-refractivity contribution in [1.82, 2.24) is 16.2 Å². The van der Waals surface area contributed by atoms with E-state index in [9.17, 15) is 24.5 Å². The number of nitro benzene ring substituents is 1. The molecule has 2 aromatic rings. The Hall–Kier alpha value is -4.12. The predicted molar refractivity (Wildman–Crippen MR) is 123 cm³/mol. The second-order valence-corrected chi connectivity index (χ2v) is 7.21. The number of benzene rings is 2. The lowest BCUT2D eigenvalue weighted by Gasteiger charge is -2.11. The van der Waals surface area contributed by atoms with Gasteiger partial charge in [0.1, 0.15) is 0 Å². The molecule has 0 atom stereocenters. The van der Waals surface area contributed by atoms with Crippen LogP contribution in [0, 0.1) is 16.0 Å². The quantitative estimate of drug-likeness (QED) is 0.227. The normalized spacial score (nSPS) is 10.5. The highest BCUT2D eigenvalue weighted by Crippen LogP contribution is 2.14. The highest BCUT2D eigenvalue weighted by atomic mass is 32.1. The first kappa shape index (κ1) is 24.2. The average Bonchev–Trinajstić information content (AvgIpc) is 2.76. The van der Waals surface area contributed by atoms with Gasteiger partial charge in [0, 0.05) is 35.4 Å². The molecule has 0 unspecified atom stereocenters. The molecular formula is C21H21N5O5S. The van der Waals surface area contributed by atoms with Gasteiger partial charge in [-0.3, -0.25) is 40.7 Å². The summed E-state index contributed by atoms with van der Waals surface area (Å²) in [6.45, 7) is 3.54. The molecule has 32 heavy (non-hydrogen) atoms. The lowest BCUT2D eigenvalue weighted by Crippen LogP contribution is -2.48. The van der Waals surface area contributed by atoms with Crippen LogP contribution in [0.15, 0.2) is 54.6 Å². The van der Waals surface area contributed by atoms with Crippen LogP contribution in [0.3, 0.4) is 0 Å². The Morgan fingerprint density at radius 1 is 1.06 bits per heavy atom. The smallest absolute Gasteiger partial charge is 0.270 e. The highest BCUT2D eigenvalue weighted by Gasteiger charge is 2.10. The number of non-ortho nitro benzene ring substituents is 1. The van der Waals surface area contributed by atoms with Gasteiger partial charge in [-0.1, -0.05) is 26.0 Å². The van der Waals surface area contributed by atoms with E-state index in [1.165, 1.54) is 36.4 Å². The van der Waals surface area contributed by atoms with E-state index >= 15 is 0 Å². The number of amides is 3. The molecule has 3 amide bonds. The molecule has 0 saturated carbocycles. The van der Waals surface area contributed by atoms with Gasteiger partial charge in [-0.15, -0.1) is 0 Å². The van der Waals surface area contributed by atoms with E-state index in [-0.39, 0.29) is 22.6 Å². The molecule has 11 heteroatoms. The lowest BCUT2D eigenvalue weighted by atomic mass is 10.1. The first-order valence-electron chi connectivity index (χ1n) is 9.40. The number of nitrogens with zero attached hydrogens (tertiary/aromatic N) is 1. The molecular weight excluding hydrogens is 434 g/mol. The fourth-order valence-electron chi connectivity index (χ4n) is 2.28. The van der Waals surface area contributed by atoms with Crippen molar-refractivity contribution in [3.05, 3.63) is 75.8 Å². The molecule has 0 aliphatic rings. The van der Waals surface area contributed by atoms with Crippen LogP contribution in [-0.2, 0) is 9.59 Å². The van der Waals surface area contributed by atoms with E-state index in [4.69, 9.17) is 12.2 Å². The van der Waals surface area contributed by atoms with Gasteiger partial charge in [-0.05, 0) is 48.1 Å². The summed E-state index contributed by atoms with van der Waals surface area (Å²) < 4.78 is 0. The van der Waals surface area contributed by atoms with Gasteiger partial charge in [0.2, 0.25) is 11.8 Å². The summed E-state index contributed by atoms with van der Waals surface area (Å²) in [7, 11) is 0. The molecule has 4 N–H and O–H groups in total. The molecule has 0 radical (unpaired) electrons. The minimum absolute atomic E-state index is 0.0946. The fourth-order valence-corrected chi connectivity index (χ4v) is 2.43. The molecule has 0 spiro atoms. The number of hydrogen-bond acceptors (Lipinski definition) is 6. The Morgan fingerprint density at radius 3 is 2.38 bits per heavy atom. The number of nitro groups is 1. The van der Waals surface area contributed by atoms with E-state index in [2.05, 4.69) is 21.5 Å². The van der Waals surface area contributed by atoms with Gasteiger partial charge in [-0.2, -0.15) is 0 Å². The maximum atomic E-state index is 12.2. The van der Waals surface area contributed by atoms with Crippen LogP contribution in [0.25, 0.3) is 6.08 Å². The number of nitrogens with one attached hydrogen (secondary N) is 4. The monoisotopic (exact) mass is 455 g/mol. The van der Waals surface area contributed by atoms with Crippen LogP contribution in [0.5, 0.6) is 0 Å². The average molecular weight is 455 g/mol. The van der Waals surface area contributed by atoms with Gasteiger partial charge in [0.25, 0.3) is 11.6 Å². The Kier molecular flexibility index (Phi) is 8.54. The van der Waals surface area contributed by atoms with E-state index in [1.807, 2.05) is 0 Å². The summed E-state index contributed by atoms with van der Waals surface area (Å²) in [6, 6.07) is 12.0. The zero-order valence-corrected chi connectivity index (χ0v) is 18.1. The van der Waals surface area contributed by atoms with E-state index in [0.717, 1.165) is 6.08 Å². The largest absolute Gasteiger partial charge is 0.326 e. The molecule has 0 saturated heterocycles. The molecule has 166 valence electrons. The molecule has 2 rings (SSSR count). The van der Waals surface area contributed by atoms with Crippen molar-refractivity contribution in [2.45, 2.75) is 13.8 Å². The minimum Gasteiger partial charge on any atom is -0.326 e. The summed E-state index contributed by atoms with van der Waals surface area (Å²) in [5, 5.41) is 15.7. The zero-order valence-electron chi connectivity index (χ0n) is 17.2. The van der Waals surface area contributed by atoms with Gasteiger partial charge >= 0.3 is 0 Å². The Labute approximate surface area is 189 Å². The maximum absolute atomic E-state index is 12.2. The van der Waals surface area contributed by atoms with Gasteiger partial charge in [0.05, 0.1) is 4.92 Å². The standard InChI is InChI=1S/C21H21N5O5S/c1-13(2)19(28)22-16-9-7-15(8-10-16)20(29)24-25-21(32)23-18(27)11-6-14-4-3-5-17(12-14)26(30)31/h3-13H,1-2H3,(H,22,28)(H,24,29)(H2,23,25,27,32)/b11-6+. The first-order valence-corrected chi connectivity index (χ1v) is 9.81. The predicted octanol–water partition coefficient (Wildman–Crippen LogP) is 2.54. The second kappa shape index (κ2) is 11.3. The molecule has 10 nitrogen and oxygen atoms in total. The number of thiocarbonyl (C=S) groups is 1. The molecule has 0 heterocycles. The molecule has 2 aromatic carbocycles. The lowest BCUT2D eigenvalue weighted by molar-refractivity contribution is -0.384. The molecule has 0 bridgehead atoms. The summed E-state index contributed by atoms with van der Waals surface area (Å²) in [4.78, 5) is 46.0. The number of rotatable bonds is 6. The maximum Gasteiger partial charge on any atom is 0.270 e. The van der Waals surface area contributed by atoms with Gasteiger partial charge in [-0.25, -0.2) is 0 Å². The van der Waals surface area contributed by atoms with E-state index in [1.54, 1.807) is 32.0 Å². The summed E-state index contributed by atoms with van der Waals surface area (Å²) in [5.41, 5.74) is 5.99. The van der Waals surface area contributed by atoms with Crippen LogP contribution in [0.4, 0.5) is 11.4 Å². The summed E-state index contributed by atoms with van der Waals surface area (Å²) in [5.74, 6) is -1.40. The Bertz CT molecular complexity index is 1070. The van der Waals surface area contributed by atoms with E-state index in [0.29, 0.717) is 16.8 Å². The van der Waals surface area contributed by atoms with Crippen molar-refractivity contribution < 1.29 is 19.3 Å². The first-order chi connectivity index (χ1) is 15.2. The third kappa shape index (κ3) is 7.61. The van der Waals surface area contributed by atoms with E-state index < -0.39 is 16.7 Å². The van der Waals surface area contributed by atoms with Crippen LogP contribution < -0.4 is 21.5 Å². The van der Waals surface area contributed by atoms with Crippen molar-refractivity contribution in [3.8, 4) is 0 Å². The van der Waals surface area contributed by atoms with Crippen molar-refractivity contribution in [1.29, 1.82) is 0 Å². The Balaban J connectivity index is 1.82. The minimum atomic E-state index is -0.589. The number of carbonyl (C=O) groups excluding carboxylic acids is 3. The third-order valence-electron chi connectivity index (χ3n) is 3.97. The molecule has 0 aliphatic carbocycles. The molecule has 0 aromatic heterocycles. The summed E-state index contributed by atoms with van der Waals surface area (Å²) in [6.07, 6.45) is 2.54. The molecule has 0 aliphatic heterocycles. The van der Waals surface area contributed by atoms with Crippen LogP contribution in [0.2, 0.25) is 0 Å². The fraction of sp³-hybridized carbons (Fsp3) is 0.143. The van der Waals surface area contributed by atoms with Gasteiger partial charge in [0.15, 0.2) is 5.11 Å². The number of carbonyl (C=O) groups is 3.